The lowest BCUT2D eigenvalue weighted by molar-refractivity contribution is -0.144. The maximum atomic E-state index is 12.9. The Labute approximate surface area is 202 Å². The molecule has 0 aliphatic heterocycles. The topological polar surface area (TPSA) is 109 Å². The van der Waals surface area contributed by atoms with Gasteiger partial charge in [0, 0.05) is 35.5 Å². The second-order valence-corrected chi connectivity index (χ2v) is 7.95. The second kappa shape index (κ2) is 13.0. The van der Waals surface area contributed by atoms with Gasteiger partial charge in [-0.3, -0.25) is 15.0 Å². The van der Waals surface area contributed by atoms with Crippen LogP contribution in [0.3, 0.4) is 0 Å². The number of nitrogens with two attached hydrogens (primary N) is 1. The van der Waals surface area contributed by atoms with Crippen molar-refractivity contribution >= 4 is 29.1 Å². The van der Waals surface area contributed by atoms with E-state index in [4.69, 9.17) is 15.9 Å². The Kier molecular flexibility index (Phi) is 10.2. The number of amides is 1. The fourth-order valence-electron chi connectivity index (χ4n) is 3.46. The molecule has 180 valence electrons. The number of rotatable bonds is 10. The van der Waals surface area contributed by atoms with Gasteiger partial charge in [0.1, 0.15) is 5.84 Å². The first-order valence-corrected chi connectivity index (χ1v) is 11.5. The average molecular weight is 463 g/mol. The molecule has 2 aromatic rings. The normalized spacial score (nSPS) is 10.1. The Balaban J connectivity index is 2.09. The van der Waals surface area contributed by atoms with Crippen LogP contribution in [-0.2, 0) is 14.3 Å². The van der Waals surface area contributed by atoms with Gasteiger partial charge in [0.25, 0.3) is 0 Å². The van der Waals surface area contributed by atoms with E-state index in [1.54, 1.807) is 24.0 Å². The molecule has 0 spiro atoms. The van der Waals surface area contributed by atoms with Gasteiger partial charge < -0.3 is 20.7 Å². The number of aryl methyl sites for hydroxylation is 2. The summed E-state index contributed by atoms with van der Waals surface area (Å²) < 4.78 is 4.94. The van der Waals surface area contributed by atoms with E-state index < -0.39 is 0 Å². The molecule has 7 nitrogen and oxygen atoms in total. The molecule has 0 unspecified atom stereocenters. The minimum Gasteiger partial charge on any atom is -0.466 e. The molecule has 34 heavy (non-hydrogen) atoms. The van der Waals surface area contributed by atoms with Crippen molar-refractivity contribution in [1.29, 1.82) is 5.41 Å². The van der Waals surface area contributed by atoms with E-state index in [9.17, 15) is 9.59 Å². The monoisotopic (exact) mass is 462 g/mol. The maximum Gasteiger partial charge on any atom is 0.306 e. The number of anilines is 2. The third kappa shape index (κ3) is 7.66. The van der Waals surface area contributed by atoms with Crippen LogP contribution in [0.1, 0.15) is 55.4 Å². The summed E-state index contributed by atoms with van der Waals surface area (Å²) in [7, 11) is 0. The summed E-state index contributed by atoms with van der Waals surface area (Å²) in [6.45, 7) is 9.09. The minimum atomic E-state index is -0.353. The Morgan fingerprint density at radius 1 is 1.09 bits per heavy atom. The van der Waals surface area contributed by atoms with E-state index >= 15 is 0 Å². The first kappa shape index (κ1) is 26.5. The van der Waals surface area contributed by atoms with Gasteiger partial charge in [0.05, 0.1) is 19.6 Å². The minimum absolute atomic E-state index is 0.0406. The number of esters is 1. The van der Waals surface area contributed by atoms with E-state index in [0.717, 1.165) is 34.5 Å². The Hall–Kier alpha value is -3.79. The quantitative estimate of drug-likeness (QED) is 0.213. The number of carbonyl (C=O) groups is 2. The number of hydrogen-bond acceptors (Lipinski definition) is 5. The van der Waals surface area contributed by atoms with Crippen LogP contribution in [0.4, 0.5) is 11.4 Å². The number of hydrogen-bond donors (Lipinski definition) is 3. The fourth-order valence-corrected chi connectivity index (χ4v) is 3.46. The highest BCUT2D eigenvalue weighted by molar-refractivity contribution is 5.96. The van der Waals surface area contributed by atoms with Crippen LogP contribution < -0.4 is 16.0 Å². The van der Waals surface area contributed by atoms with Crippen molar-refractivity contribution in [3.05, 3.63) is 58.7 Å². The van der Waals surface area contributed by atoms with Gasteiger partial charge in [-0.05, 0) is 74.7 Å². The highest BCUT2D eigenvalue weighted by atomic mass is 16.5. The van der Waals surface area contributed by atoms with Crippen molar-refractivity contribution in [2.24, 2.45) is 5.73 Å². The van der Waals surface area contributed by atoms with Crippen LogP contribution in [0.15, 0.2) is 36.4 Å². The molecular weight excluding hydrogens is 428 g/mol. The average Bonchev–Trinajstić information content (AvgIpc) is 2.81. The third-order valence-electron chi connectivity index (χ3n) is 5.23. The van der Waals surface area contributed by atoms with Crippen molar-refractivity contribution in [3.63, 3.8) is 0 Å². The van der Waals surface area contributed by atoms with Crippen molar-refractivity contribution in [2.75, 3.05) is 29.9 Å². The van der Waals surface area contributed by atoms with Crippen molar-refractivity contribution in [3.8, 4) is 11.8 Å². The van der Waals surface area contributed by atoms with Crippen LogP contribution in [0.25, 0.3) is 0 Å². The van der Waals surface area contributed by atoms with Crippen LogP contribution in [0.2, 0.25) is 0 Å². The predicted octanol–water partition coefficient (Wildman–Crippen LogP) is 4.14. The zero-order valence-electron chi connectivity index (χ0n) is 20.5. The highest BCUT2D eigenvalue weighted by Gasteiger charge is 2.19. The van der Waals surface area contributed by atoms with E-state index in [0.29, 0.717) is 25.3 Å². The van der Waals surface area contributed by atoms with Crippen LogP contribution >= 0.6 is 0 Å². The number of nitrogens with one attached hydrogen (secondary N) is 2. The molecule has 4 N–H and O–H groups in total. The molecule has 0 heterocycles. The molecule has 0 aromatic heterocycles. The molecule has 0 saturated carbocycles. The standard InChI is InChI=1S/C27H34N4O3/c1-5-16-31(25(32)13-14-26(33)34-6-2)24-18-19(3)22(17-20(24)4)8-7-15-30-23-11-9-21(10-12-23)27(28)29/h9-12,17-18,30H,5-6,13-16H2,1-4H3,(H3,28,29). The lowest BCUT2D eigenvalue weighted by atomic mass is 10.0. The first-order chi connectivity index (χ1) is 16.3. The van der Waals surface area contributed by atoms with Gasteiger partial charge >= 0.3 is 5.97 Å². The molecule has 7 heteroatoms. The molecule has 0 atom stereocenters. The van der Waals surface area contributed by atoms with Gasteiger partial charge in [0.2, 0.25) is 5.91 Å². The zero-order chi connectivity index (χ0) is 25.1. The third-order valence-corrected chi connectivity index (χ3v) is 5.23. The second-order valence-electron chi connectivity index (χ2n) is 7.95. The summed E-state index contributed by atoms with van der Waals surface area (Å²) in [6.07, 6.45) is 1.02. The Bertz CT molecular complexity index is 1080. The molecule has 0 saturated heterocycles. The van der Waals surface area contributed by atoms with Crippen LogP contribution in [0.5, 0.6) is 0 Å². The summed E-state index contributed by atoms with van der Waals surface area (Å²) in [5.41, 5.74) is 10.8. The lowest BCUT2D eigenvalue weighted by Gasteiger charge is -2.25. The van der Waals surface area contributed by atoms with Gasteiger partial charge in [-0.15, -0.1) is 0 Å². The van der Waals surface area contributed by atoms with E-state index in [2.05, 4.69) is 17.2 Å². The molecule has 2 aromatic carbocycles. The van der Waals surface area contributed by atoms with Gasteiger partial charge in [0.15, 0.2) is 0 Å². The largest absolute Gasteiger partial charge is 0.466 e. The molecule has 0 bridgehead atoms. The summed E-state index contributed by atoms with van der Waals surface area (Å²) >= 11 is 0. The number of benzene rings is 2. The number of nitrogens with zero attached hydrogens (tertiary/aromatic N) is 1. The zero-order valence-corrected chi connectivity index (χ0v) is 20.5. The number of ether oxygens (including phenoxy) is 1. The van der Waals surface area contributed by atoms with Gasteiger partial charge in [-0.25, -0.2) is 0 Å². The maximum absolute atomic E-state index is 12.9. The van der Waals surface area contributed by atoms with Gasteiger partial charge in [-0.1, -0.05) is 18.8 Å². The van der Waals surface area contributed by atoms with E-state index in [-0.39, 0.29) is 30.6 Å². The highest BCUT2D eigenvalue weighted by Crippen LogP contribution is 2.25. The molecule has 0 radical (unpaired) electrons. The first-order valence-electron chi connectivity index (χ1n) is 11.5. The molecule has 0 aliphatic carbocycles. The molecule has 0 aliphatic rings. The predicted molar refractivity (Wildman–Crippen MR) is 137 cm³/mol. The Morgan fingerprint density at radius 2 is 1.79 bits per heavy atom. The van der Waals surface area contributed by atoms with E-state index in [1.165, 1.54) is 0 Å². The van der Waals surface area contributed by atoms with Crippen molar-refractivity contribution in [1.82, 2.24) is 0 Å². The SMILES string of the molecule is CCCN(C(=O)CCC(=O)OCC)c1cc(C)c(C#CCNc2ccc(C(=N)N)cc2)cc1C. The van der Waals surface area contributed by atoms with Crippen molar-refractivity contribution in [2.45, 2.75) is 47.0 Å². The van der Waals surface area contributed by atoms with Gasteiger partial charge in [-0.2, -0.15) is 0 Å². The lowest BCUT2D eigenvalue weighted by Crippen LogP contribution is -2.32. The van der Waals surface area contributed by atoms with E-state index in [1.807, 2.05) is 45.0 Å². The summed E-state index contributed by atoms with van der Waals surface area (Å²) in [5.74, 6) is 5.94. The Morgan fingerprint density at radius 3 is 2.41 bits per heavy atom. The molecular formula is C27H34N4O3. The fraction of sp³-hybridized carbons (Fsp3) is 0.370. The summed E-state index contributed by atoms with van der Waals surface area (Å²) in [4.78, 5) is 26.3. The number of carbonyl (C=O) groups excluding carboxylic acids is 2. The van der Waals surface area contributed by atoms with Crippen LogP contribution in [-0.4, -0.2) is 37.4 Å². The summed E-state index contributed by atoms with van der Waals surface area (Å²) in [6, 6.07) is 11.3. The molecule has 1 amide bonds. The van der Waals surface area contributed by atoms with Crippen LogP contribution in [0, 0.1) is 31.1 Å². The smallest absolute Gasteiger partial charge is 0.306 e. The number of amidine groups is 1. The van der Waals surface area contributed by atoms with Crippen molar-refractivity contribution < 1.29 is 14.3 Å². The summed E-state index contributed by atoms with van der Waals surface area (Å²) in [5, 5.41) is 10.7. The molecule has 0 fully saturated rings. The molecule has 2 rings (SSSR count). The number of nitrogen functional groups attached to an aromatic ring is 1.